The maximum atomic E-state index is 12.1. The monoisotopic (exact) mass is 383 g/mol. The minimum atomic E-state index is -0.253. The third-order valence-corrected chi connectivity index (χ3v) is 4.68. The average Bonchev–Trinajstić information content (AvgIpc) is 3.12. The van der Waals surface area contributed by atoms with E-state index in [4.69, 9.17) is 32.4 Å². The number of nitrogens with one attached hydrogen (secondary N) is 1. The van der Waals surface area contributed by atoms with Crippen LogP contribution in [-0.2, 0) is 4.74 Å². The van der Waals surface area contributed by atoms with Crippen molar-refractivity contribution in [1.82, 2.24) is 15.2 Å². The zero-order valence-electron chi connectivity index (χ0n) is 13.6. The fraction of sp³-hybridized carbons (Fsp3) is 0.412. The van der Waals surface area contributed by atoms with Crippen LogP contribution in [0, 0.1) is 0 Å². The van der Waals surface area contributed by atoms with Crippen LogP contribution in [0.25, 0.3) is 11.5 Å². The molecule has 0 bridgehead atoms. The van der Waals surface area contributed by atoms with Crippen LogP contribution in [0.2, 0.25) is 10.0 Å². The Morgan fingerprint density at radius 1 is 1.24 bits per heavy atom. The fourth-order valence-electron chi connectivity index (χ4n) is 2.56. The van der Waals surface area contributed by atoms with E-state index in [0.29, 0.717) is 28.0 Å². The second kappa shape index (κ2) is 8.67. The highest BCUT2D eigenvalue weighted by molar-refractivity contribution is 6.42. The second-order valence-electron chi connectivity index (χ2n) is 5.73. The van der Waals surface area contributed by atoms with Crippen LogP contribution in [0.15, 0.2) is 28.9 Å². The summed E-state index contributed by atoms with van der Waals surface area (Å²) in [6.07, 6.45) is 2.22. The molecule has 1 aliphatic rings. The normalized spacial score (nSPS) is 15.3. The Kier molecular flexibility index (Phi) is 6.31. The number of hydrogen-bond acceptors (Lipinski definition) is 5. The third-order valence-electron chi connectivity index (χ3n) is 3.94. The van der Waals surface area contributed by atoms with Gasteiger partial charge in [0, 0.05) is 25.2 Å². The molecule has 1 fully saturated rings. The first kappa shape index (κ1) is 18.2. The number of benzene rings is 1. The quantitative estimate of drug-likeness (QED) is 0.776. The van der Waals surface area contributed by atoms with Gasteiger partial charge < -0.3 is 14.5 Å². The number of halogens is 2. The summed E-state index contributed by atoms with van der Waals surface area (Å²) in [7, 11) is 0. The minimum absolute atomic E-state index is 0.243. The zero-order chi connectivity index (χ0) is 17.6. The van der Waals surface area contributed by atoms with Crippen molar-refractivity contribution in [3.05, 3.63) is 40.2 Å². The van der Waals surface area contributed by atoms with Gasteiger partial charge in [-0.05, 0) is 31.2 Å². The Hall–Kier alpha value is -1.60. The van der Waals surface area contributed by atoms with Crippen molar-refractivity contribution in [3.8, 4) is 11.5 Å². The Balaban J connectivity index is 1.49. The topological polar surface area (TPSA) is 67.6 Å². The van der Waals surface area contributed by atoms with Crippen molar-refractivity contribution in [2.45, 2.75) is 6.42 Å². The maximum absolute atomic E-state index is 12.1. The SMILES string of the molecule is O=C(NCCCN1CCOCC1)c1coc(-c2ccc(Cl)c(Cl)c2)n1. The molecule has 1 aliphatic heterocycles. The first-order valence-electron chi connectivity index (χ1n) is 8.13. The van der Waals surface area contributed by atoms with Crippen molar-refractivity contribution < 1.29 is 13.9 Å². The molecule has 1 saturated heterocycles. The van der Waals surface area contributed by atoms with Crippen molar-refractivity contribution >= 4 is 29.1 Å². The molecule has 0 spiro atoms. The molecule has 0 atom stereocenters. The van der Waals surface area contributed by atoms with Gasteiger partial charge in [-0.3, -0.25) is 9.69 Å². The molecule has 8 heteroatoms. The average molecular weight is 384 g/mol. The minimum Gasteiger partial charge on any atom is -0.444 e. The van der Waals surface area contributed by atoms with Crippen LogP contribution in [0.1, 0.15) is 16.9 Å². The van der Waals surface area contributed by atoms with Gasteiger partial charge in [0.25, 0.3) is 5.91 Å². The lowest BCUT2D eigenvalue weighted by molar-refractivity contribution is 0.0374. The van der Waals surface area contributed by atoms with Crippen LogP contribution >= 0.6 is 23.2 Å². The van der Waals surface area contributed by atoms with Crippen LogP contribution in [0.4, 0.5) is 0 Å². The lowest BCUT2D eigenvalue weighted by Crippen LogP contribution is -2.38. The molecule has 134 valence electrons. The molecule has 0 unspecified atom stereocenters. The van der Waals surface area contributed by atoms with E-state index < -0.39 is 0 Å². The molecule has 0 saturated carbocycles. The van der Waals surface area contributed by atoms with E-state index in [0.717, 1.165) is 39.3 Å². The lowest BCUT2D eigenvalue weighted by Gasteiger charge is -2.26. The predicted molar refractivity (Wildman–Crippen MR) is 96.2 cm³/mol. The number of ether oxygens (including phenoxy) is 1. The summed E-state index contributed by atoms with van der Waals surface area (Å²) in [4.78, 5) is 18.7. The summed E-state index contributed by atoms with van der Waals surface area (Å²) in [6, 6.07) is 5.05. The zero-order valence-corrected chi connectivity index (χ0v) is 15.1. The van der Waals surface area contributed by atoms with Gasteiger partial charge in [0.05, 0.1) is 23.3 Å². The first-order chi connectivity index (χ1) is 12.1. The number of morpholine rings is 1. The Morgan fingerprint density at radius 2 is 2.04 bits per heavy atom. The third kappa shape index (κ3) is 4.95. The highest BCUT2D eigenvalue weighted by atomic mass is 35.5. The summed E-state index contributed by atoms with van der Waals surface area (Å²) in [5.41, 5.74) is 0.910. The van der Waals surface area contributed by atoms with Crippen molar-refractivity contribution in [1.29, 1.82) is 0 Å². The van der Waals surface area contributed by atoms with E-state index in [1.807, 2.05) is 0 Å². The maximum Gasteiger partial charge on any atom is 0.273 e. The van der Waals surface area contributed by atoms with Gasteiger partial charge in [-0.1, -0.05) is 23.2 Å². The molecule has 1 N–H and O–H groups in total. The molecule has 1 amide bonds. The van der Waals surface area contributed by atoms with Crippen molar-refractivity contribution in [2.75, 3.05) is 39.4 Å². The van der Waals surface area contributed by atoms with E-state index in [2.05, 4.69) is 15.2 Å². The summed E-state index contributed by atoms with van der Waals surface area (Å²) in [5, 5.41) is 3.72. The van der Waals surface area contributed by atoms with Gasteiger partial charge in [-0.15, -0.1) is 0 Å². The number of aromatic nitrogens is 1. The number of hydrogen-bond donors (Lipinski definition) is 1. The molecular formula is C17H19Cl2N3O3. The van der Waals surface area contributed by atoms with E-state index in [1.165, 1.54) is 6.26 Å². The van der Waals surface area contributed by atoms with Gasteiger partial charge in [-0.25, -0.2) is 4.98 Å². The Bertz CT molecular complexity index is 730. The highest BCUT2D eigenvalue weighted by Crippen LogP contribution is 2.28. The molecule has 6 nitrogen and oxygen atoms in total. The van der Waals surface area contributed by atoms with Gasteiger partial charge in [0.15, 0.2) is 5.69 Å². The molecule has 2 aromatic rings. The standard InChI is InChI=1S/C17H19Cl2N3O3/c18-13-3-2-12(10-14(13)19)17-21-15(11-25-17)16(23)20-4-1-5-22-6-8-24-9-7-22/h2-3,10-11H,1,4-9H2,(H,20,23). The van der Waals surface area contributed by atoms with E-state index >= 15 is 0 Å². The van der Waals surface area contributed by atoms with Crippen molar-refractivity contribution in [2.24, 2.45) is 0 Å². The fourth-order valence-corrected chi connectivity index (χ4v) is 2.86. The Morgan fingerprint density at radius 3 is 2.80 bits per heavy atom. The molecular weight excluding hydrogens is 365 g/mol. The predicted octanol–water partition coefficient (Wildman–Crippen LogP) is 3.10. The largest absolute Gasteiger partial charge is 0.444 e. The number of amides is 1. The van der Waals surface area contributed by atoms with Gasteiger partial charge in [0.1, 0.15) is 6.26 Å². The second-order valence-corrected chi connectivity index (χ2v) is 6.54. The summed E-state index contributed by atoms with van der Waals surface area (Å²) < 4.78 is 10.7. The van der Waals surface area contributed by atoms with E-state index in [-0.39, 0.29) is 11.6 Å². The first-order valence-corrected chi connectivity index (χ1v) is 8.88. The number of nitrogens with zero attached hydrogens (tertiary/aromatic N) is 2. The van der Waals surface area contributed by atoms with Gasteiger partial charge in [0.2, 0.25) is 5.89 Å². The molecule has 3 rings (SSSR count). The number of carbonyl (C=O) groups excluding carboxylic acids is 1. The van der Waals surface area contributed by atoms with Crippen LogP contribution in [0.3, 0.4) is 0 Å². The molecule has 1 aromatic carbocycles. The smallest absolute Gasteiger partial charge is 0.273 e. The van der Waals surface area contributed by atoms with Crippen molar-refractivity contribution in [3.63, 3.8) is 0 Å². The van der Waals surface area contributed by atoms with Gasteiger partial charge >= 0.3 is 0 Å². The highest BCUT2D eigenvalue weighted by Gasteiger charge is 2.14. The Labute approximate surface area is 156 Å². The molecule has 0 radical (unpaired) electrons. The lowest BCUT2D eigenvalue weighted by atomic mass is 10.2. The summed E-state index contributed by atoms with van der Waals surface area (Å²) in [6.45, 7) is 4.99. The molecule has 1 aromatic heterocycles. The van der Waals surface area contributed by atoms with Gasteiger partial charge in [-0.2, -0.15) is 0 Å². The summed E-state index contributed by atoms with van der Waals surface area (Å²) in [5.74, 6) is 0.0778. The number of rotatable bonds is 6. The van der Waals surface area contributed by atoms with Crippen LogP contribution in [-0.4, -0.2) is 55.2 Å². The molecule has 25 heavy (non-hydrogen) atoms. The number of oxazole rings is 1. The van der Waals surface area contributed by atoms with Crippen LogP contribution in [0.5, 0.6) is 0 Å². The summed E-state index contributed by atoms with van der Waals surface area (Å²) >= 11 is 11.9. The van der Waals surface area contributed by atoms with E-state index in [9.17, 15) is 4.79 Å². The van der Waals surface area contributed by atoms with Crippen LogP contribution < -0.4 is 5.32 Å². The molecule has 0 aliphatic carbocycles. The number of carbonyl (C=O) groups is 1. The van der Waals surface area contributed by atoms with E-state index in [1.54, 1.807) is 18.2 Å². The molecule has 2 heterocycles.